The third-order valence-corrected chi connectivity index (χ3v) is 4.24. The van der Waals surface area contributed by atoms with Crippen molar-refractivity contribution in [2.75, 3.05) is 39.2 Å². The van der Waals surface area contributed by atoms with Crippen LogP contribution in [0, 0.1) is 0 Å². The second kappa shape index (κ2) is 12.9. The highest BCUT2D eigenvalue weighted by atomic mass is 16.5. The van der Waals surface area contributed by atoms with Crippen LogP contribution in [0.15, 0.2) is 47.6 Å². The fourth-order valence-electron chi connectivity index (χ4n) is 2.64. The third kappa shape index (κ3) is 8.35. The van der Waals surface area contributed by atoms with Crippen LogP contribution in [0.25, 0.3) is 0 Å². The first-order valence-corrected chi connectivity index (χ1v) is 9.83. The van der Waals surface area contributed by atoms with E-state index in [1.54, 1.807) is 56.7 Å². The molecule has 0 heterocycles. The normalized spacial score (nSPS) is 10.5. The number of rotatable bonds is 12. The van der Waals surface area contributed by atoms with Gasteiger partial charge in [0.1, 0.15) is 11.5 Å². The lowest BCUT2D eigenvalue weighted by molar-refractivity contribution is -0.121. The van der Waals surface area contributed by atoms with Crippen LogP contribution < -0.4 is 25.5 Å². The predicted molar refractivity (Wildman–Crippen MR) is 119 cm³/mol. The van der Waals surface area contributed by atoms with Crippen molar-refractivity contribution < 1.29 is 24.2 Å². The average Bonchev–Trinajstić information content (AvgIpc) is 2.80. The highest BCUT2D eigenvalue weighted by molar-refractivity contribution is 5.95. The van der Waals surface area contributed by atoms with Crippen molar-refractivity contribution in [3.63, 3.8) is 0 Å². The Morgan fingerprint density at radius 1 is 1.03 bits per heavy atom. The van der Waals surface area contributed by atoms with Crippen LogP contribution in [0.5, 0.6) is 11.5 Å². The minimum absolute atomic E-state index is 0.0645. The van der Waals surface area contributed by atoms with Gasteiger partial charge in [0.25, 0.3) is 5.91 Å². The number of nitrogens with zero attached hydrogens (tertiary/aromatic N) is 1. The van der Waals surface area contributed by atoms with Gasteiger partial charge in [-0.1, -0.05) is 0 Å². The minimum atomic E-state index is -0.335. The number of amides is 2. The molecular formula is C22H28N4O5. The molecule has 9 nitrogen and oxygen atoms in total. The summed E-state index contributed by atoms with van der Waals surface area (Å²) >= 11 is 0. The Balaban J connectivity index is 1.80. The highest BCUT2D eigenvalue weighted by Crippen LogP contribution is 2.21. The molecule has 0 saturated carbocycles. The van der Waals surface area contributed by atoms with Crippen molar-refractivity contribution in [3.05, 3.63) is 53.6 Å². The molecule has 0 aliphatic heterocycles. The number of ether oxygens (including phenoxy) is 2. The maximum Gasteiger partial charge on any atom is 0.271 e. The first-order chi connectivity index (χ1) is 15.0. The molecule has 0 bridgehead atoms. The molecule has 0 spiro atoms. The van der Waals surface area contributed by atoms with Gasteiger partial charge in [0, 0.05) is 42.4 Å². The molecule has 0 fully saturated rings. The quantitative estimate of drug-likeness (QED) is 0.232. The van der Waals surface area contributed by atoms with Crippen molar-refractivity contribution >= 4 is 23.7 Å². The van der Waals surface area contributed by atoms with Crippen molar-refractivity contribution in [3.8, 4) is 11.5 Å². The van der Waals surface area contributed by atoms with E-state index in [4.69, 9.17) is 14.6 Å². The molecule has 166 valence electrons. The number of anilines is 1. The molecule has 31 heavy (non-hydrogen) atoms. The number of carbonyl (C=O) groups is 2. The lowest BCUT2D eigenvalue weighted by Gasteiger charge is -2.08. The Kier molecular flexibility index (Phi) is 9.83. The van der Waals surface area contributed by atoms with Gasteiger partial charge in [0.05, 0.1) is 27.0 Å². The fourth-order valence-corrected chi connectivity index (χ4v) is 2.64. The van der Waals surface area contributed by atoms with E-state index in [2.05, 4.69) is 21.2 Å². The van der Waals surface area contributed by atoms with E-state index in [9.17, 15) is 9.59 Å². The summed E-state index contributed by atoms with van der Waals surface area (Å²) in [7, 11) is 3.12. The van der Waals surface area contributed by atoms with Gasteiger partial charge < -0.3 is 25.2 Å². The zero-order chi connectivity index (χ0) is 22.5. The number of hydrogen-bond donors (Lipinski definition) is 4. The summed E-state index contributed by atoms with van der Waals surface area (Å²) in [5, 5.41) is 18.4. The fraction of sp³-hybridized carbons (Fsp3) is 0.318. The zero-order valence-corrected chi connectivity index (χ0v) is 17.7. The Morgan fingerprint density at radius 2 is 1.71 bits per heavy atom. The first-order valence-electron chi connectivity index (χ1n) is 9.83. The molecule has 4 N–H and O–H groups in total. The average molecular weight is 428 g/mol. The molecule has 0 aliphatic rings. The van der Waals surface area contributed by atoms with E-state index in [1.807, 2.05) is 0 Å². The first kappa shape index (κ1) is 23.7. The molecule has 0 aromatic heterocycles. The van der Waals surface area contributed by atoms with Crippen LogP contribution in [0.1, 0.15) is 28.8 Å². The Labute approximate surface area is 181 Å². The predicted octanol–water partition coefficient (Wildman–Crippen LogP) is 1.77. The van der Waals surface area contributed by atoms with Gasteiger partial charge in [-0.2, -0.15) is 5.10 Å². The number of aliphatic hydroxyl groups is 1. The summed E-state index contributed by atoms with van der Waals surface area (Å²) in [6.07, 6.45) is 2.55. The molecule has 9 heteroatoms. The third-order valence-electron chi connectivity index (χ3n) is 4.24. The Hall–Kier alpha value is -3.59. The molecule has 0 radical (unpaired) electrons. The van der Waals surface area contributed by atoms with Crippen molar-refractivity contribution in [2.45, 2.75) is 12.8 Å². The molecule has 2 aromatic rings. The van der Waals surface area contributed by atoms with Crippen LogP contribution in [0.3, 0.4) is 0 Å². The van der Waals surface area contributed by atoms with E-state index in [-0.39, 0.29) is 25.0 Å². The topological polar surface area (TPSA) is 121 Å². The zero-order valence-electron chi connectivity index (χ0n) is 17.7. The van der Waals surface area contributed by atoms with E-state index < -0.39 is 0 Å². The van der Waals surface area contributed by atoms with Crippen molar-refractivity contribution in [1.82, 2.24) is 10.7 Å². The van der Waals surface area contributed by atoms with Gasteiger partial charge in [0.15, 0.2) is 0 Å². The second-order valence-electron chi connectivity index (χ2n) is 6.53. The van der Waals surface area contributed by atoms with Crippen LogP contribution in [-0.2, 0) is 4.79 Å². The van der Waals surface area contributed by atoms with Crippen LogP contribution >= 0.6 is 0 Å². The maximum absolute atomic E-state index is 12.3. The second-order valence-corrected chi connectivity index (χ2v) is 6.53. The summed E-state index contributed by atoms with van der Waals surface area (Å²) in [5.41, 5.74) is 4.53. The number of hydrazone groups is 1. The SMILES string of the molecule is COc1cc(C=NNC(=O)c2ccc(NCCCC(=O)NCCO)cc2)cc(OC)c1. The van der Waals surface area contributed by atoms with Gasteiger partial charge in [-0.05, 0) is 42.8 Å². The van der Waals surface area contributed by atoms with Gasteiger partial charge in [-0.25, -0.2) is 5.43 Å². The number of carbonyl (C=O) groups excluding carboxylic acids is 2. The van der Waals surface area contributed by atoms with E-state index in [0.717, 1.165) is 11.3 Å². The summed E-state index contributed by atoms with van der Waals surface area (Å²) in [6.45, 7) is 0.824. The standard InChI is InChI=1S/C22H28N4O5/c1-30-19-12-16(13-20(14-19)31-2)15-25-26-22(29)17-5-7-18(8-6-17)23-9-3-4-21(28)24-10-11-27/h5-8,12-15,23,27H,3-4,9-11H2,1-2H3,(H,24,28)(H,26,29). The lowest BCUT2D eigenvalue weighted by atomic mass is 10.2. The van der Waals surface area contributed by atoms with Gasteiger partial charge in [-0.3, -0.25) is 9.59 Å². The molecule has 2 aromatic carbocycles. The number of methoxy groups -OCH3 is 2. The summed E-state index contributed by atoms with van der Waals surface area (Å²) < 4.78 is 10.4. The van der Waals surface area contributed by atoms with Gasteiger partial charge in [0.2, 0.25) is 5.91 Å². The molecule has 0 aliphatic carbocycles. The number of nitrogens with one attached hydrogen (secondary N) is 3. The molecule has 0 atom stereocenters. The molecule has 0 unspecified atom stereocenters. The highest BCUT2D eigenvalue weighted by Gasteiger charge is 2.05. The number of benzene rings is 2. The molecular weight excluding hydrogens is 400 g/mol. The van der Waals surface area contributed by atoms with Gasteiger partial charge >= 0.3 is 0 Å². The number of hydrogen-bond acceptors (Lipinski definition) is 7. The van der Waals surface area contributed by atoms with E-state index >= 15 is 0 Å². The van der Waals surface area contributed by atoms with E-state index in [1.165, 1.54) is 6.21 Å². The molecule has 2 amide bonds. The summed E-state index contributed by atoms with van der Waals surface area (Å²) in [6, 6.07) is 12.3. The summed E-state index contributed by atoms with van der Waals surface area (Å²) in [5.74, 6) is 0.830. The van der Waals surface area contributed by atoms with Crippen molar-refractivity contribution in [1.29, 1.82) is 0 Å². The van der Waals surface area contributed by atoms with Crippen LogP contribution in [-0.4, -0.2) is 57.1 Å². The maximum atomic E-state index is 12.3. The van der Waals surface area contributed by atoms with Crippen molar-refractivity contribution in [2.24, 2.45) is 5.10 Å². The van der Waals surface area contributed by atoms with Crippen LogP contribution in [0.4, 0.5) is 5.69 Å². The smallest absolute Gasteiger partial charge is 0.271 e. The molecule has 0 saturated heterocycles. The number of aliphatic hydroxyl groups excluding tert-OH is 1. The van der Waals surface area contributed by atoms with E-state index in [0.29, 0.717) is 36.4 Å². The monoisotopic (exact) mass is 428 g/mol. The largest absolute Gasteiger partial charge is 0.497 e. The van der Waals surface area contributed by atoms with Gasteiger partial charge in [-0.15, -0.1) is 0 Å². The van der Waals surface area contributed by atoms with Crippen LogP contribution in [0.2, 0.25) is 0 Å². The minimum Gasteiger partial charge on any atom is -0.497 e. The Bertz CT molecular complexity index is 862. The lowest BCUT2D eigenvalue weighted by Crippen LogP contribution is -2.26. The molecule has 2 rings (SSSR count). The summed E-state index contributed by atoms with van der Waals surface area (Å²) in [4.78, 5) is 23.7. The Morgan fingerprint density at radius 3 is 2.32 bits per heavy atom.